The van der Waals surface area contributed by atoms with Crippen molar-refractivity contribution < 1.29 is 22.7 Å². The Morgan fingerprint density at radius 1 is 1.43 bits per heavy atom. The van der Waals surface area contributed by atoms with Crippen molar-refractivity contribution in [2.75, 3.05) is 19.6 Å². The molecule has 0 unspecified atom stereocenters. The van der Waals surface area contributed by atoms with Crippen molar-refractivity contribution in [3.05, 3.63) is 29.8 Å². The van der Waals surface area contributed by atoms with Crippen LogP contribution < -0.4 is 10.1 Å². The second-order valence-corrected chi connectivity index (χ2v) is 4.68. The van der Waals surface area contributed by atoms with Gasteiger partial charge in [0.2, 0.25) is 0 Å². The van der Waals surface area contributed by atoms with Crippen molar-refractivity contribution in [2.45, 2.75) is 19.3 Å². The molecule has 2 rings (SSSR count). The molecule has 4 nitrogen and oxygen atoms in total. The highest BCUT2D eigenvalue weighted by Gasteiger charge is 2.31. The maximum Gasteiger partial charge on any atom is 0.573 e. The quantitative estimate of drug-likeness (QED) is 0.908. The number of carbonyl (C=O) groups is 1. The molecule has 1 aromatic rings. The van der Waals surface area contributed by atoms with Crippen LogP contribution in [-0.4, -0.2) is 42.8 Å². The van der Waals surface area contributed by atoms with Crippen molar-refractivity contribution in [1.82, 2.24) is 10.2 Å². The fourth-order valence-corrected chi connectivity index (χ4v) is 2.13. The summed E-state index contributed by atoms with van der Waals surface area (Å²) in [5, 5.41) is 3.19. The number of carbonyl (C=O) groups excluding carboxylic acids is 1. The van der Waals surface area contributed by atoms with Gasteiger partial charge in [-0.05, 0) is 25.1 Å². The highest BCUT2D eigenvalue weighted by Crippen LogP contribution is 2.23. The Hall–Kier alpha value is -1.47. The van der Waals surface area contributed by atoms with Gasteiger partial charge in [0, 0.05) is 31.2 Å². The summed E-state index contributed by atoms with van der Waals surface area (Å²) in [6.45, 7) is 3.69. The SMILES string of the molecule is C[C@@H]1CN(C(=O)c2cccc(OC(F)(F)F)c2)CCN1.Cl. The minimum atomic E-state index is -4.76. The number of nitrogens with one attached hydrogen (secondary N) is 1. The summed E-state index contributed by atoms with van der Waals surface area (Å²) in [5.41, 5.74) is 0.195. The molecule has 1 fully saturated rings. The van der Waals surface area contributed by atoms with E-state index in [4.69, 9.17) is 0 Å². The maximum absolute atomic E-state index is 12.2. The number of nitrogens with zero attached hydrogens (tertiary/aromatic N) is 1. The van der Waals surface area contributed by atoms with Crippen molar-refractivity contribution in [1.29, 1.82) is 0 Å². The van der Waals surface area contributed by atoms with E-state index in [0.717, 1.165) is 6.07 Å². The lowest BCUT2D eigenvalue weighted by molar-refractivity contribution is -0.274. The van der Waals surface area contributed by atoms with E-state index in [1.807, 2.05) is 6.92 Å². The van der Waals surface area contributed by atoms with Crippen LogP contribution in [-0.2, 0) is 0 Å². The largest absolute Gasteiger partial charge is 0.573 e. The summed E-state index contributed by atoms with van der Waals surface area (Å²) in [6, 6.07) is 5.31. The Morgan fingerprint density at radius 3 is 2.76 bits per heavy atom. The number of halogens is 4. The molecule has 1 aliphatic rings. The third-order valence-electron chi connectivity index (χ3n) is 2.97. The predicted molar refractivity (Wildman–Crippen MR) is 73.7 cm³/mol. The molecular formula is C13H16ClF3N2O2. The maximum atomic E-state index is 12.2. The highest BCUT2D eigenvalue weighted by molar-refractivity contribution is 5.94. The van der Waals surface area contributed by atoms with Gasteiger partial charge in [-0.1, -0.05) is 6.07 Å². The van der Waals surface area contributed by atoms with Gasteiger partial charge in [0.15, 0.2) is 0 Å². The molecule has 0 bridgehead atoms. The first-order valence-electron chi connectivity index (χ1n) is 6.23. The van der Waals surface area contributed by atoms with Gasteiger partial charge in [-0.3, -0.25) is 4.79 Å². The summed E-state index contributed by atoms with van der Waals surface area (Å²) in [6.07, 6.45) is -4.76. The normalized spacial score (nSPS) is 18.9. The average molecular weight is 325 g/mol. The van der Waals surface area contributed by atoms with Crippen LogP contribution in [0.5, 0.6) is 5.75 Å². The number of benzene rings is 1. The van der Waals surface area contributed by atoms with Crippen LogP contribution in [0.3, 0.4) is 0 Å². The molecule has 0 radical (unpaired) electrons. The minimum Gasteiger partial charge on any atom is -0.406 e. The first-order valence-corrected chi connectivity index (χ1v) is 6.23. The van der Waals surface area contributed by atoms with Crippen LogP contribution in [0.1, 0.15) is 17.3 Å². The van der Waals surface area contributed by atoms with Crippen molar-refractivity contribution in [3.8, 4) is 5.75 Å². The van der Waals surface area contributed by atoms with E-state index in [1.54, 1.807) is 4.90 Å². The van der Waals surface area contributed by atoms with Crippen LogP contribution in [0.4, 0.5) is 13.2 Å². The van der Waals surface area contributed by atoms with Crippen molar-refractivity contribution in [3.63, 3.8) is 0 Å². The van der Waals surface area contributed by atoms with E-state index in [0.29, 0.717) is 19.6 Å². The monoisotopic (exact) mass is 324 g/mol. The van der Waals surface area contributed by atoms with Crippen LogP contribution >= 0.6 is 12.4 Å². The van der Waals surface area contributed by atoms with E-state index < -0.39 is 6.36 Å². The summed E-state index contributed by atoms with van der Waals surface area (Å²) in [7, 11) is 0. The van der Waals surface area contributed by atoms with Gasteiger partial charge in [0.25, 0.3) is 5.91 Å². The lowest BCUT2D eigenvalue weighted by Crippen LogP contribution is -2.51. The third kappa shape index (κ3) is 5.09. The van der Waals surface area contributed by atoms with E-state index in [1.165, 1.54) is 18.2 Å². The number of piperazine rings is 1. The predicted octanol–water partition coefficient (Wildman–Crippen LogP) is 2.44. The molecule has 0 aromatic heterocycles. The summed E-state index contributed by atoms with van der Waals surface area (Å²) in [5.74, 6) is -0.669. The molecule has 21 heavy (non-hydrogen) atoms. The molecule has 0 saturated carbocycles. The van der Waals surface area contributed by atoms with Gasteiger partial charge < -0.3 is 15.0 Å². The zero-order valence-corrected chi connectivity index (χ0v) is 12.1. The van der Waals surface area contributed by atoms with Gasteiger partial charge >= 0.3 is 6.36 Å². The van der Waals surface area contributed by atoms with E-state index >= 15 is 0 Å². The molecule has 1 aliphatic heterocycles. The van der Waals surface area contributed by atoms with Crippen molar-refractivity contribution in [2.24, 2.45) is 0 Å². The Balaban J connectivity index is 0.00000220. The van der Waals surface area contributed by atoms with Gasteiger partial charge in [-0.2, -0.15) is 0 Å². The molecule has 1 aromatic carbocycles. The van der Waals surface area contributed by atoms with Crippen LogP contribution in [0.25, 0.3) is 0 Å². The zero-order valence-electron chi connectivity index (χ0n) is 11.3. The molecule has 1 heterocycles. The smallest absolute Gasteiger partial charge is 0.406 e. The number of alkyl halides is 3. The van der Waals surface area contributed by atoms with E-state index in [2.05, 4.69) is 10.1 Å². The molecule has 1 atom stereocenters. The summed E-state index contributed by atoms with van der Waals surface area (Å²) < 4.78 is 40.3. The topological polar surface area (TPSA) is 41.6 Å². The fourth-order valence-electron chi connectivity index (χ4n) is 2.13. The van der Waals surface area contributed by atoms with Gasteiger partial charge in [0.1, 0.15) is 5.75 Å². The number of amides is 1. The van der Waals surface area contributed by atoms with Gasteiger partial charge in [-0.15, -0.1) is 25.6 Å². The van der Waals surface area contributed by atoms with Crippen LogP contribution in [0.2, 0.25) is 0 Å². The Bertz CT molecular complexity index is 497. The standard InChI is InChI=1S/C13H15F3N2O2.ClH/c1-9-8-18(6-5-17-9)12(19)10-3-2-4-11(7-10)20-13(14,15)16;/h2-4,7,9,17H,5-6,8H2,1H3;1H/t9-;/m1./s1. The van der Waals surface area contributed by atoms with Gasteiger partial charge in [-0.25, -0.2) is 0 Å². The fraction of sp³-hybridized carbons (Fsp3) is 0.462. The Kier molecular flexibility index (Phi) is 5.86. The molecule has 8 heteroatoms. The Morgan fingerprint density at radius 2 is 2.14 bits per heavy atom. The number of rotatable bonds is 2. The third-order valence-corrected chi connectivity index (χ3v) is 2.97. The lowest BCUT2D eigenvalue weighted by Gasteiger charge is -2.32. The molecule has 1 saturated heterocycles. The molecular weight excluding hydrogens is 309 g/mol. The first kappa shape index (κ1) is 17.6. The molecule has 1 amide bonds. The van der Waals surface area contributed by atoms with Crippen LogP contribution in [0, 0.1) is 0 Å². The molecule has 0 spiro atoms. The lowest BCUT2D eigenvalue weighted by atomic mass is 10.1. The summed E-state index contributed by atoms with van der Waals surface area (Å²) >= 11 is 0. The molecule has 118 valence electrons. The highest BCUT2D eigenvalue weighted by atomic mass is 35.5. The summed E-state index contributed by atoms with van der Waals surface area (Å²) in [4.78, 5) is 13.8. The number of hydrogen-bond donors (Lipinski definition) is 1. The molecule has 1 N–H and O–H groups in total. The van der Waals surface area contributed by atoms with Crippen molar-refractivity contribution >= 4 is 18.3 Å². The second-order valence-electron chi connectivity index (χ2n) is 4.68. The van der Waals surface area contributed by atoms with Gasteiger partial charge in [0.05, 0.1) is 0 Å². The first-order chi connectivity index (χ1) is 9.35. The Labute approximate surface area is 126 Å². The minimum absolute atomic E-state index is 0. The zero-order chi connectivity index (χ0) is 14.8. The second kappa shape index (κ2) is 7.00. The average Bonchev–Trinajstić information content (AvgIpc) is 2.36. The molecule has 0 aliphatic carbocycles. The number of ether oxygens (including phenoxy) is 1. The van der Waals surface area contributed by atoms with E-state index in [-0.39, 0.29) is 35.7 Å². The number of hydrogen-bond acceptors (Lipinski definition) is 3. The van der Waals surface area contributed by atoms with E-state index in [9.17, 15) is 18.0 Å². The van der Waals surface area contributed by atoms with Crippen LogP contribution in [0.15, 0.2) is 24.3 Å².